The van der Waals surface area contributed by atoms with Gasteiger partial charge in [-0.2, -0.15) is 0 Å². The van der Waals surface area contributed by atoms with E-state index >= 15 is 0 Å². The minimum Gasteiger partial charge on any atom is -0.496 e. The molecule has 2 atom stereocenters. The van der Waals surface area contributed by atoms with Crippen LogP contribution in [0, 0.1) is 11.7 Å². The van der Waals surface area contributed by atoms with Gasteiger partial charge in [0.15, 0.2) is 0 Å². The molecule has 1 N–H and O–H groups in total. The Morgan fingerprint density at radius 3 is 3.00 bits per heavy atom. The van der Waals surface area contributed by atoms with Crippen molar-refractivity contribution in [3.8, 4) is 5.75 Å². The zero-order valence-electron chi connectivity index (χ0n) is 9.09. The molecule has 2 nitrogen and oxygen atoms in total. The van der Waals surface area contributed by atoms with Gasteiger partial charge in [0.05, 0.1) is 7.11 Å². The van der Waals surface area contributed by atoms with E-state index in [1.165, 1.54) is 6.07 Å². The molecular formula is C12H16FNO. The predicted molar refractivity (Wildman–Crippen MR) is 57.7 cm³/mol. The second-order valence-electron chi connectivity index (χ2n) is 4.05. The van der Waals surface area contributed by atoms with E-state index in [1.807, 2.05) is 7.05 Å². The molecule has 1 aliphatic rings. The van der Waals surface area contributed by atoms with Gasteiger partial charge in [0.2, 0.25) is 0 Å². The minimum absolute atomic E-state index is 0.180. The number of ether oxygens (including phenoxy) is 1. The lowest BCUT2D eigenvalue weighted by Gasteiger charge is -2.08. The highest BCUT2D eigenvalue weighted by atomic mass is 19.1. The first-order valence-corrected chi connectivity index (χ1v) is 5.24. The molecule has 1 saturated carbocycles. The maximum atomic E-state index is 13.1. The molecule has 0 unspecified atom stereocenters. The summed E-state index contributed by atoms with van der Waals surface area (Å²) in [5.74, 6) is 1.72. The number of benzene rings is 1. The van der Waals surface area contributed by atoms with Crippen molar-refractivity contribution in [2.24, 2.45) is 5.92 Å². The van der Waals surface area contributed by atoms with Gasteiger partial charge in [-0.1, -0.05) is 0 Å². The fraction of sp³-hybridized carbons (Fsp3) is 0.500. The molecule has 3 heteroatoms. The van der Waals surface area contributed by atoms with Crippen LogP contribution in [0.15, 0.2) is 18.2 Å². The molecule has 0 heterocycles. The largest absolute Gasteiger partial charge is 0.496 e. The Morgan fingerprint density at radius 2 is 2.33 bits per heavy atom. The second kappa shape index (κ2) is 4.19. The van der Waals surface area contributed by atoms with Crippen LogP contribution in [-0.4, -0.2) is 20.7 Å². The minimum atomic E-state index is -0.180. The third-order valence-electron chi connectivity index (χ3n) is 2.98. The highest BCUT2D eigenvalue weighted by Gasteiger charge is 2.39. The first kappa shape index (κ1) is 10.4. The van der Waals surface area contributed by atoms with E-state index < -0.39 is 0 Å². The van der Waals surface area contributed by atoms with Gasteiger partial charge in [0.1, 0.15) is 11.6 Å². The Hall–Kier alpha value is -1.09. The van der Waals surface area contributed by atoms with Crippen LogP contribution in [0.3, 0.4) is 0 Å². The van der Waals surface area contributed by atoms with Gasteiger partial charge in [-0.15, -0.1) is 0 Å². The van der Waals surface area contributed by atoms with Gasteiger partial charge in [-0.3, -0.25) is 0 Å². The third-order valence-corrected chi connectivity index (χ3v) is 2.98. The number of hydrogen-bond acceptors (Lipinski definition) is 2. The monoisotopic (exact) mass is 209 g/mol. The van der Waals surface area contributed by atoms with Crippen molar-refractivity contribution in [3.05, 3.63) is 29.6 Å². The molecule has 2 rings (SSSR count). The number of methoxy groups -OCH3 is 1. The molecule has 0 radical (unpaired) electrons. The summed E-state index contributed by atoms with van der Waals surface area (Å²) in [5.41, 5.74) is 1.01. The second-order valence-corrected chi connectivity index (χ2v) is 4.05. The van der Waals surface area contributed by atoms with Gasteiger partial charge < -0.3 is 10.1 Å². The first-order valence-electron chi connectivity index (χ1n) is 5.24. The molecule has 0 spiro atoms. The SMILES string of the molecule is CNC[C@H]1C[C@@H]1c1cc(F)ccc1OC. The van der Waals surface area contributed by atoms with Gasteiger partial charge in [0, 0.05) is 5.56 Å². The predicted octanol–water partition coefficient (Wildman–Crippen LogP) is 2.16. The number of nitrogens with one attached hydrogen (secondary N) is 1. The van der Waals surface area contributed by atoms with Crippen LogP contribution in [0.25, 0.3) is 0 Å². The molecule has 0 saturated heterocycles. The van der Waals surface area contributed by atoms with Crippen LogP contribution in [0.2, 0.25) is 0 Å². The average molecular weight is 209 g/mol. The van der Waals surface area contributed by atoms with Crippen LogP contribution >= 0.6 is 0 Å². The molecule has 15 heavy (non-hydrogen) atoms. The van der Waals surface area contributed by atoms with E-state index in [0.717, 1.165) is 24.3 Å². The molecular weight excluding hydrogens is 193 g/mol. The molecule has 0 bridgehead atoms. The van der Waals surface area contributed by atoms with Crippen molar-refractivity contribution < 1.29 is 9.13 Å². The molecule has 0 amide bonds. The number of hydrogen-bond donors (Lipinski definition) is 1. The summed E-state index contributed by atoms with van der Waals surface area (Å²) in [5, 5.41) is 3.15. The van der Waals surface area contributed by atoms with Crippen molar-refractivity contribution in [2.45, 2.75) is 12.3 Å². The Morgan fingerprint density at radius 1 is 1.53 bits per heavy atom. The van der Waals surface area contributed by atoms with Crippen molar-refractivity contribution in [3.63, 3.8) is 0 Å². The van der Waals surface area contributed by atoms with Crippen LogP contribution in [0.1, 0.15) is 17.9 Å². The smallest absolute Gasteiger partial charge is 0.123 e. The Labute approximate surface area is 89.4 Å². The highest BCUT2D eigenvalue weighted by Crippen LogP contribution is 2.49. The summed E-state index contributed by atoms with van der Waals surface area (Å²) in [6.45, 7) is 0.990. The lowest BCUT2D eigenvalue weighted by atomic mass is 10.1. The van der Waals surface area contributed by atoms with Crippen molar-refractivity contribution in [1.82, 2.24) is 5.32 Å². The molecule has 1 aliphatic carbocycles. The maximum Gasteiger partial charge on any atom is 0.123 e. The standard InChI is InChI=1S/C12H16FNO/c1-14-7-8-5-10(8)11-6-9(13)3-4-12(11)15-2/h3-4,6,8,10,14H,5,7H2,1-2H3/t8-,10+/m1/s1. The van der Waals surface area contributed by atoms with Crippen LogP contribution in [0.4, 0.5) is 4.39 Å². The molecule has 0 aliphatic heterocycles. The molecule has 1 fully saturated rings. The molecule has 0 aromatic heterocycles. The fourth-order valence-corrected chi connectivity index (χ4v) is 2.11. The molecule has 82 valence electrons. The summed E-state index contributed by atoms with van der Waals surface area (Å²) in [6.07, 6.45) is 1.13. The van der Waals surface area contributed by atoms with Crippen LogP contribution in [-0.2, 0) is 0 Å². The number of halogens is 1. The maximum absolute atomic E-state index is 13.1. The van der Waals surface area contributed by atoms with Crippen molar-refractivity contribution >= 4 is 0 Å². The van der Waals surface area contributed by atoms with Crippen molar-refractivity contribution in [2.75, 3.05) is 20.7 Å². The summed E-state index contributed by atoms with van der Waals surface area (Å²) in [6, 6.07) is 4.75. The lowest BCUT2D eigenvalue weighted by molar-refractivity contribution is 0.407. The lowest BCUT2D eigenvalue weighted by Crippen LogP contribution is -2.10. The Kier molecular flexibility index (Phi) is 2.91. The summed E-state index contributed by atoms with van der Waals surface area (Å²) >= 11 is 0. The summed E-state index contributed by atoms with van der Waals surface area (Å²) in [7, 11) is 3.57. The van der Waals surface area contributed by atoms with Crippen LogP contribution in [0.5, 0.6) is 5.75 Å². The highest BCUT2D eigenvalue weighted by molar-refractivity contribution is 5.40. The van der Waals surface area contributed by atoms with E-state index in [1.54, 1.807) is 19.2 Å². The van der Waals surface area contributed by atoms with Crippen molar-refractivity contribution in [1.29, 1.82) is 0 Å². The van der Waals surface area contributed by atoms with E-state index in [9.17, 15) is 4.39 Å². The normalized spacial score (nSPS) is 23.9. The van der Waals surface area contributed by atoms with Gasteiger partial charge >= 0.3 is 0 Å². The average Bonchev–Trinajstić information content (AvgIpc) is 2.98. The molecule has 1 aromatic carbocycles. The van der Waals surface area contributed by atoms with Gasteiger partial charge in [-0.25, -0.2) is 4.39 Å². The quantitative estimate of drug-likeness (QED) is 0.820. The van der Waals surface area contributed by atoms with E-state index in [2.05, 4.69) is 5.32 Å². The third kappa shape index (κ3) is 2.12. The number of rotatable bonds is 4. The Bertz CT molecular complexity index is 353. The van der Waals surface area contributed by atoms with E-state index in [0.29, 0.717) is 11.8 Å². The fourth-order valence-electron chi connectivity index (χ4n) is 2.11. The van der Waals surface area contributed by atoms with E-state index in [-0.39, 0.29) is 5.82 Å². The van der Waals surface area contributed by atoms with Gasteiger partial charge in [-0.05, 0) is 50.0 Å². The van der Waals surface area contributed by atoms with Gasteiger partial charge in [0.25, 0.3) is 0 Å². The summed E-state index contributed by atoms with van der Waals surface area (Å²) < 4.78 is 18.4. The van der Waals surface area contributed by atoms with E-state index in [4.69, 9.17) is 4.74 Å². The van der Waals surface area contributed by atoms with Crippen LogP contribution < -0.4 is 10.1 Å². The molecule has 1 aromatic rings. The topological polar surface area (TPSA) is 21.3 Å². The Balaban J connectivity index is 2.17. The zero-order chi connectivity index (χ0) is 10.8. The zero-order valence-corrected chi connectivity index (χ0v) is 9.09. The summed E-state index contributed by atoms with van der Waals surface area (Å²) in [4.78, 5) is 0. The first-order chi connectivity index (χ1) is 7.26.